The molecule has 4 rings (SSSR count). The molecule has 1 fully saturated rings. The van der Waals surface area contributed by atoms with E-state index in [0.29, 0.717) is 43.5 Å². The fraction of sp³-hybridized carbons (Fsp3) is 0.409. The Morgan fingerprint density at radius 1 is 1.35 bits per heavy atom. The number of hydrogen-bond acceptors (Lipinski definition) is 6. The molecule has 0 unspecified atom stereocenters. The van der Waals surface area contributed by atoms with E-state index in [9.17, 15) is 4.79 Å². The Kier molecular flexibility index (Phi) is 6.58. The summed E-state index contributed by atoms with van der Waals surface area (Å²) >= 11 is 5.97. The molecule has 164 valence electrons. The van der Waals surface area contributed by atoms with Gasteiger partial charge in [-0.15, -0.1) is 0 Å². The van der Waals surface area contributed by atoms with Crippen molar-refractivity contribution in [3.8, 4) is 5.75 Å². The van der Waals surface area contributed by atoms with Gasteiger partial charge in [-0.25, -0.2) is 0 Å². The number of nitrogens with one attached hydrogen (secondary N) is 1. The van der Waals surface area contributed by atoms with Crippen LogP contribution in [0, 0.1) is 13.8 Å². The smallest absolute Gasteiger partial charge is 0.227 e. The van der Waals surface area contributed by atoms with Gasteiger partial charge in [-0.1, -0.05) is 22.8 Å². The summed E-state index contributed by atoms with van der Waals surface area (Å²) in [6, 6.07) is 9.28. The lowest BCUT2D eigenvalue weighted by molar-refractivity contribution is -0.138. The molecule has 31 heavy (non-hydrogen) atoms. The van der Waals surface area contributed by atoms with E-state index in [1.54, 1.807) is 6.07 Å². The van der Waals surface area contributed by atoms with Crippen LogP contribution in [0.4, 0.5) is 0 Å². The van der Waals surface area contributed by atoms with Gasteiger partial charge < -0.3 is 18.9 Å². The van der Waals surface area contributed by atoms with Crippen LogP contribution in [0.5, 0.6) is 5.75 Å². The van der Waals surface area contributed by atoms with Crippen molar-refractivity contribution < 1.29 is 18.8 Å². The number of benzene rings is 1. The third-order valence-electron chi connectivity index (χ3n) is 5.35. The second-order valence-electron chi connectivity index (χ2n) is 7.55. The predicted octanol–water partition coefficient (Wildman–Crippen LogP) is 3.43. The first-order chi connectivity index (χ1) is 15.0. The lowest BCUT2D eigenvalue weighted by atomic mass is 10.1. The summed E-state index contributed by atoms with van der Waals surface area (Å²) in [5, 5.41) is 12.0. The van der Waals surface area contributed by atoms with Crippen molar-refractivity contribution in [2.24, 2.45) is 0 Å². The number of amides is 1. The zero-order valence-electron chi connectivity index (χ0n) is 17.6. The molecule has 0 aliphatic carbocycles. The average Bonchev–Trinajstić information content (AvgIpc) is 3.36. The van der Waals surface area contributed by atoms with E-state index >= 15 is 0 Å². The Morgan fingerprint density at radius 3 is 3.00 bits per heavy atom. The second kappa shape index (κ2) is 9.53. The molecule has 0 bridgehead atoms. The molecule has 1 aliphatic rings. The summed E-state index contributed by atoms with van der Waals surface area (Å²) in [5.41, 5.74) is 3.34. The molecule has 3 aromatic rings. The highest BCUT2D eigenvalue weighted by Crippen LogP contribution is 2.23. The van der Waals surface area contributed by atoms with Gasteiger partial charge in [0.25, 0.3) is 0 Å². The van der Waals surface area contributed by atoms with Crippen LogP contribution in [0.1, 0.15) is 34.5 Å². The van der Waals surface area contributed by atoms with E-state index in [2.05, 4.69) is 15.4 Å². The van der Waals surface area contributed by atoms with Gasteiger partial charge in [0.1, 0.15) is 17.6 Å². The number of rotatable bonds is 7. The van der Waals surface area contributed by atoms with Gasteiger partial charge in [0.05, 0.1) is 37.6 Å². The molecule has 1 amide bonds. The van der Waals surface area contributed by atoms with Gasteiger partial charge in [-0.2, -0.15) is 5.10 Å². The van der Waals surface area contributed by atoms with Crippen LogP contribution in [-0.4, -0.2) is 52.5 Å². The van der Waals surface area contributed by atoms with Crippen molar-refractivity contribution in [1.82, 2.24) is 20.3 Å². The van der Waals surface area contributed by atoms with Crippen LogP contribution in [0.2, 0.25) is 5.02 Å². The highest BCUT2D eigenvalue weighted by Gasteiger charge is 2.28. The fourth-order valence-electron chi connectivity index (χ4n) is 3.58. The first-order valence-corrected chi connectivity index (χ1v) is 10.6. The Morgan fingerprint density at radius 2 is 2.23 bits per heavy atom. The highest BCUT2D eigenvalue weighted by molar-refractivity contribution is 6.30. The molecular weight excluding hydrogens is 420 g/mol. The number of hydrogen-bond donors (Lipinski definition) is 1. The van der Waals surface area contributed by atoms with Gasteiger partial charge in [0.2, 0.25) is 5.91 Å². The van der Waals surface area contributed by atoms with Crippen LogP contribution in [0.15, 0.2) is 34.9 Å². The Labute approximate surface area is 185 Å². The van der Waals surface area contributed by atoms with E-state index in [-0.39, 0.29) is 18.4 Å². The topological polar surface area (TPSA) is 93.5 Å². The number of aromatic amines is 1. The zero-order chi connectivity index (χ0) is 21.8. The minimum atomic E-state index is -0.263. The molecule has 2 aromatic heterocycles. The molecule has 3 heterocycles. The molecule has 1 atom stereocenters. The van der Waals surface area contributed by atoms with E-state index in [1.165, 1.54) is 0 Å². The van der Waals surface area contributed by atoms with E-state index in [0.717, 1.165) is 28.4 Å². The third kappa shape index (κ3) is 5.26. The van der Waals surface area contributed by atoms with E-state index in [1.807, 2.05) is 43.0 Å². The maximum absolute atomic E-state index is 12.8. The number of aryl methyl sites for hydroxylation is 2. The predicted molar refractivity (Wildman–Crippen MR) is 114 cm³/mol. The molecule has 9 heteroatoms. The average molecular weight is 445 g/mol. The zero-order valence-corrected chi connectivity index (χ0v) is 18.3. The molecule has 8 nitrogen and oxygen atoms in total. The third-order valence-corrected chi connectivity index (χ3v) is 5.58. The minimum Gasteiger partial charge on any atom is -0.493 e. The number of carbonyl (C=O) groups excluding carboxylic acids is 1. The Bertz CT molecular complexity index is 1030. The fourth-order valence-corrected chi connectivity index (χ4v) is 3.76. The standard InChI is InChI=1S/C22H25ClN4O4/c1-14-19(15(2)31-26-14)12-22(28)27-7-9-30-21(13-27)20-11-17(24-25-20)6-8-29-18-5-3-4-16(23)10-18/h3-5,10-11,21H,6-9,12-13H2,1-2H3,(H,24,25)/t21-/m1/s1. The number of halogens is 1. The van der Waals surface area contributed by atoms with Crippen molar-refractivity contribution in [2.45, 2.75) is 32.8 Å². The largest absolute Gasteiger partial charge is 0.493 e. The molecule has 0 spiro atoms. The lowest BCUT2D eigenvalue weighted by Gasteiger charge is -2.32. The quantitative estimate of drug-likeness (QED) is 0.600. The Hall–Kier alpha value is -2.84. The summed E-state index contributed by atoms with van der Waals surface area (Å²) < 4.78 is 16.8. The number of morpholine rings is 1. The van der Waals surface area contributed by atoms with Crippen LogP contribution in [-0.2, 0) is 22.4 Å². The highest BCUT2D eigenvalue weighted by atomic mass is 35.5. The number of aromatic nitrogens is 3. The summed E-state index contributed by atoms with van der Waals surface area (Å²) in [5.74, 6) is 1.45. The maximum Gasteiger partial charge on any atom is 0.227 e. The van der Waals surface area contributed by atoms with Gasteiger partial charge >= 0.3 is 0 Å². The molecule has 1 saturated heterocycles. The maximum atomic E-state index is 12.8. The number of carbonyl (C=O) groups is 1. The summed E-state index contributed by atoms with van der Waals surface area (Å²) in [6.07, 6.45) is 0.683. The SMILES string of the molecule is Cc1noc(C)c1CC(=O)N1CCO[C@@H](c2cc(CCOc3cccc(Cl)c3)[nH]n2)C1. The monoisotopic (exact) mass is 444 g/mol. The number of nitrogens with zero attached hydrogens (tertiary/aromatic N) is 3. The Balaban J connectivity index is 1.31. The van der Waals surface area contributed by atoms with Crippen LogP contribution in [0.3, 0.4) is 0 Å². The summed E-state index contributed by atoms with van der Waals surface area (Å²) in [7, 11) is 0. The number of ether oxygens (including phenoxy) is 2. The van der Waals surface area contributed by atoms with Crippen molar-refractivity contribution in [3.05, 3.63) is 63.8 Å². The van der Waals surface area contributed by atoms with E-state index in [4.69, 9.17) is 25.6 Å². The van der Waals surface area contributed by atoms with Crippen LogP contribution in [0.25, 0.3) is 0 Å². The summed E-state index contributed by atoms with van der Waals surface area (Å²) in [6.45, 7) is 5.66. The van der Waals surface area contributed by atoms with E-state index < -0.39 is 0 Å². The van der Waals surface area contributed by atoms with Crippen molar-refractivity contribution in [3.63, 3.8) is 0 Å². The molecule has 0 radical (unpaired) electrons. The molecular formula is C22H25ClN4O4. The first-order valence-electron chi connectivity index (χ1n) is 10.2. The molecule has 1 N–H and O–H groups in total. The van der Waals surface area contributed by atoms with Crippen molar-refractivity contribution >= 4 is 17.5 Å². The van der Waals surface area contributed by atoms with Crippen LogP contribution < -0.4 is 4.74 Å². The van der Waals surface area contributed by atoms with Gasteiger partial charge in [-0.3, -0.25) is 9.89 Å². The van der Waals surface area contributed by atoms with Gasteiger partial charge in [0.15, 0.2) is 0 Å². The summed E-state index contributed by atoms with van der Waals surface area (Å²) in [4.78, 5) is 14.6. The van der Waals surface area contributed by atoms with Crippen molar-refractivity contribution in [2.75, 3.05) is 26.3 Å². The molecule has 1 aromatic carbocycles. The molecule has 1 aliphatic heterocycles. The molecule has 0 saturated carbocycles. The minimum absolute atomic E-state index is 0.0355. The van der Waals surface area contributed by atoms with Crippen molar-refractivity contribution in [1.29, 1.82) is 0 Å². The van der Waals surface area contributed by atoms with Gasteiger partial charge in [0, 0.05) is 29.2 Å². The number of H-pyrrole nitrogens is 1. The van der Waals surface area contributed by atoms with Crippen LogP contribution >= 0.6 is 11.6 Å². The normalized spacial score (nSPS) is 16.5. The van der Waals surface area contributed by atoms with Gasteiger partial charge in [-0.05, 0) is 38.1 Å². The first kappa shape index (κ1) is 21.4. The lowest BCUT2D eigenvalue weighted by Crippen LogP contribution is -2.43. The second-order valence-corrected chi connectivity index (χ2v) is 7.99.